The molecule has 2 aromatic rings. The van der Waals surface area contributed by atoms with Crippen LogP contribution in [0.3, 0.4) is 0 Å². The minimum absolute atomic E-state index is 0.00863. The maximum absolute atomic E-state index is 13.0. The summed E-state index contributed by atoms with van der Waals surface area (Å²) in [5.74, 6) is 0.692. The predicted molar refractivity (Wildman–Crippen MR) is 79.8 cm³/mol. The lowest BCUT2D eigenvalue weighted by Crippen LogP contribution is -2.32. The van der Waals surface area contributed by atoms with Gasteiger partial charge in [-0.05, 0) is 43.4 Å². The first-order valence-electron chi connectivity index (χ1n) is 7.59. The molecular formula is C17H19FN2O2. The van der Waals surface area contributed by atoms with Crippen molar-refractivity contribution in [3.63, 3.8) is 0 Å². The molecule has 4 nitrogen and oxygen atoms in total. The van der Waals surface area contributed by atoms with E-state index in [0.29, 0.717) is 18.9 Å². The minimum Gasteiger partial charge on any atom is -0.361 e. The van der Waals surface area contributed by atoms with Crippen molar-refractivity contribution < 1.29 is 13.7 Å². The Bertz CT molecular complexity index is 647. The maximum Gasteiger partial charge on any atom is 0.227 e. The fourth-order valence-electron chi connectivity index (χ4n) is 2.70. The molecule has 1 saturated carbocycles. The molecule has 0 aliphatic heterocycles. The second kappa shape index (κ2) is 6.30. The van der Waals surface area contributed by atoms with Crippen molar-refractivity contribution in [2.45, 2.75) is 32.1 Å². The molecule has 0 spiro atoms. The molecule has 5 heteroatoms. The van der Waals surface area contributed by atoms with Gasteiger partial charge in [0, 0.05) is 19.0 Å². The molecule has 1 N–H and O–H groups in total. The largest absolute Gasteiger partial charge is 0.361 e. The molecular weight excluding hydrogens is 283 g/mol. The average Bonchev–Trinajstić information content (AvgIpc) is 3.24. The van der Waals surface area contributed by atoms with Gasteiger partial charge in [-0.25, -0.2) is 4.39 Å². The van der Waals surface area contributed by atoms with E-state index in [1.807, 2.05) is 13.0 Å². The van der Waals surface area contributed by atoms with Gasteiger partial charge in [0.15, 0.2) is 0 Å². The number of nitrogens with zero attached hydrogens (tertiary/aromatic N) is 1. The van der Waals surface area contributed by atoms with Crippen molar-refractivity contribution in [1.29, 1.82) is 0 Å². The fourth-order valence-corrected chi connectivity index (χ4v) is 2.70. The molecule has 116 valence electrons. The topological polar surface area (TPSA) is 55.1 Å². The minimum atomic E-state index is -0.278. The van der Waals surface area contributed by atoms with E-state index in [9.17, 15) is 9.18 Å². The fraction of sp³-hybridized carbons (Fsp3) is 0.412. The quantitative estimate of drug-likeness (QED) is 0.892. The first kappa shape index (κ1) is 14.8. The van der Waals surface area contributed by atoms with Gasteiger partial charge in [-0.15, -0.1) is 0 Å². The predicted octanol–water partition coefficient (Wildman–Crippen LogP) is 2.97. The second-order valence-electron chi connectivity index (χ2n) is 5.84. The van der Waals surface area contributed by atoms with E-state index in [1.165, 1.54) is 12.1 Å². The number of hydrogen-bond donors (Lipinski definition) is 1. The van der Waals surface area contributed by atoms with Crippen LogP contribution in [0.25, 0.3) is 0 Å². The summed E-state index contributed by atoms with van der Waals surface area (Å²) in [6.07, 6.45) is 2.75. The van der Waals surface area contributed by atoms with Crippen molar-refractivity contribution >= 4 is 5.91 Å². The Morgan fingerprint density at radius 2 is 2.14 bits per heavy atom. The average molecular weight is 302 g/mol. The molecule has 1 aromatic heterocycles. The number of nitrogens with one attached hydrogen (secondary N) is 1. The molecule has 1 atom stereocenters. The van der Waals surface area contributed by atoms with Gasteiger partial charge in [-0.1, -0.05) is 17.3 Å². The number of aromatic nitrogens is 1. The van der Waals surface area contributed by atoms with E-state index in [-0.39, 0.29) is 17.6 Å². The van der Waals surface area contributed by atoms with Gasteiger partial charge in [0.1, 0.15) is 11.6 Å². The lowest BCUT2D eigenvalue weighted by molar-refractivity contribution is -0.123. The number of carbonyl (C=O) groups excluding carboxylic acids is 1. The molecule has 0 radical (unpaired) electrons. The third-order valence-electron chi connectivity index (χ3n) is 3.96. The summed E-state index contributed by atoms with van der Waals surface area (Å²) in [7, 11) is 0. The summed E-state index contributed by atoms with van der Waals surface area (Å²) in [6.45, 7) is 2.36. The monoisotopic (exact) mass is 302 g/mol. The third kappa shape index (κ3) is 3.53. The smallest absolute Gasteiger partial charge is 0.227 e. The van der Waals surface area contributed by atoms with Crippen LogP contribution in [-0.4, -0.2) is 17.6 Å². The number of benzene rings is 1. The SMILES string of the molecule is Cc1cc(CCNC(=O)C(c2ccc(F)cc2)C2CC2)no1. The van der Waals surface area contributed by atoms with Crippen molar-refractivity contribution in [1.82, 2.24) is 10.5 Å². The van der Waals surface area contributed by atoms with Gasteiger partial charge in [0.25, 0.3) is 0 Å². The standard InChI is InChI=1S/C17H19FN2O2/c1-11-10-15(20-22-11)8-9-19-17(21)16(12-2-3-12)13-4-6-14(18)7-5-13/h4-7,10,12,16H,2-3,8-9H2,1H3,(H,19,21). The number of carbonyl (C=O) groups is 1. The molecule has 3 rings (SSSR count). The Morgan fingerprint density at radius 3 is 2.73 bits per heavy atom. The number of rotatable bonds is 6. The van der Waals surface area contributed by atoms with Crippen LogP contribution in [0.15, 0.2) is 34.9 Å². The van der Waals surface area contributed by atoms with Gasteiger partial charge in [-0.2, -0.15) is 0 Å². The van der Waals surface area contributed by atoms with Crippen LogP contribution >= 0.6 is 0 Å². The van der Waals surface area contributed by atoms with E-state index in [2.05, 4.69) is 10.5 Å². The Kier molecular flexibility index (Phi) is 4.22. The zero-order valence-corrected chi connectivity index (χ0v) is 12.5. The lowest BCUT2D eigenvalue weighted by atomic mass is 9.93. The zero-order chi connectivity index (χ0) is 15.5. The highest BCUT2D eigenvalue weighted by molar-refractivity contribution is 5.84. The van der Waals surface area contributed by atoms with E-state index in [4.69, 9.17) is 4.52 Å². The van der Waals surface area contributed by atoms with Crippen molar-refractivity contribution in [3.05, 3.63) is 53.2 Å². The second-order valence-corrected chi connectivity index (χ2v) is 5.84. The highest BCUT2D eigenvalue weighted by atomic mass is 19.1. The van der Waals surface area contributed by atoms with Crippen LogP contribution < -0.4 is 5.32 Å². The van der Waals surface area contributed by atoms with E-state index in [0.717, 1.165) is 29.9 Å². The summed E-state index contributed by atoms with van der Waals surface area (Å²) in [6, 6.07) is 8.11. The molecule has 1 aliphatic rings. The summed E-state index contributed by atoms with van der Waals surface area (Å²) < 4.78 is 18.0. The first-order chi connectivity index (χ1) is 10.6. The van der Waals surface area contributed by atoms with Gasteiger partial charge in [-0.3, -0.25) is 4.79 Å². The van der Waals surface area contributed by atoms with Crippen LogP contribution in [0.1, 0.15) is 35.8 Å². The molecule has 1 heterocycles. The number of hydrogen-bond acceptors (Lipinski definition) is 3. The summed E-state index contributed by atoms with van der Waals surface area (Å²) in [4.78, 5) is 12.5. The Morgan fingerprint density at radius 1 is 1.41 bits per heavy atom. The molecule has 1 fully saturated rings. The molecule has 0 saturated heterocycles. The van der Waals surface area contributed by atoms with Gasteiger partial charge in [0.2, 0.25) is 5.91 Å². The lowest BCUT2D eigenvalue weighted by Gasteiger charge is -2.16. The number of aryl methyl sites for hydroxylation is 1. The molecule has 1 aromatic carbocycles. The third-order valence-corrected chi connectivity index (χ3v) is 3.96. The van der Waals surface area contributed by atoms with Crippen LogP contribution in [0.2, 0.25) is 0 Å². The Balaban J connectivity index is 1.59. The van der Waals surface area contributed by atoms with E-state index < -0.39 is 0 Å². The molecule has 1 amide bonds. The number of halogens is 1. The first-order valence-corrected chi connectivity index (χ1v) is 7.59. The molecule has 1 aliphatic carbocycles. The normalized spacial score (nSPS) is 15.5. The van der Waals surface area contributed by atoms with Gasteiger partial charge >= 0.3 is 0 Å². The van der Waals surface area contributed by atoms with Gasteiger partial charge < -0.3 is 9.84 Å². The van der Waals surface area contributed by atoms with Crippen LogP contribution in [0, 0.1) is 18.7 Å². The summed E-state index contributed by atoms with van der Waals surface area (Å²) in [5, 5.41) is 6.87. The molecule has 0 bridgehead atoms. The number of amides is 1. The van der Waals surface area contributed by atoms with E-state index in [1.54, 1.807) is 12.1 Å². The molecule has 1 unspecified atom stereocenters. The molecule has 22 heavy (non-hydrogen) atoms. The van der Waals surface area contributed by atoms with Crippen LogP contribution in [0.4, 0.5) is 4.39 Å². The highest BCUT2D eigenvalue weighted by Gasteiger charge is 2.37. The van der Waals surface area contributed by atoms with Crippen molar-refractivity contribution in [2.75, 3.05) is 6.54 Å². The van der Waals surface area contributed by atoms with Gasteiger partial charge in [0.05, 0.1) is 11.6 Å². The Hall–Kier alpha value is -2.17. The van der Waals surface area contributed by atoms with Crippen molar-refractivity contribution in [3.8, 4) is 0 Å². The van der Waals surface area contributed by atoms with Crippen LogP contribution in [-0.2, 0) is 11.2 Å². The summed E-state index contributed by atoms with van der Waals surface area (Å²) >= 11 is 0. The zero-order valence-electron chi connectivity index (χ0n) is 12.5. The maximum atomic E-state index is 13.0. The van der Waals surface area contributed by atoms with Crippen molar-refractivity contribution in [2.24, 2.45) is 5.92 Å². The summed E-state index contributed by atoms with van der Waals surface area (Å²) in [5.41, 5.74) is 1.72. The highest BCUT2D eigenvalue weighted by Crippen LogP contribution is 2.42. The van der Waals surface area contributed by atoms with Crippen LogP contribution in [0.5, 0.6) is 0 Å². The van der Waals surface area contributed by atoms with E-state index >= 15 is 0 Å². The Labute approximate surface area is 128 Å².